The van der Waals surface area contributed by atoms with E-state index in [2.05, 4.69) is 115 Å². The lowest BCUT2D eigenvalue weighted by atomic mass is 9.96. The Labute approximate surface area is 213 Å². The molecule has 3 heterocycles. The van der Waals surface area contributed by atoms with Gasteiger partial charge >= 0.3 is 0 Å². The highest BCUT2D eigenvalue weighted by atomic mass is 32.1. The second-order valence-electron chi connectivity index (χ2n) is 9.41. The highest BCUT2D eigenvalue weighted by molar-refractivity contribution is 7.80. The molecule has 2 aromatic heterocycles. The molecule has 178 valence electrons. The predicted octanol–water partition coefficient (Wildman–Crippen LogP) is 6.04. The standard InChI is InChI=1S/C29H31N5S/c1-19-9-8-10-24(17-19)34-28(27(31-29(34)35)26-11-6-7-16-30-26)25-18-20(2)33(21(25)3)23-14-12-22(13-15-23)32(4)5/h6-18,27-28H,1-5H3,(H,31,35)/t27-,28+/m1/s1. The Bertz CT molecular complexity index is 1360. The number of nitrogens with one attached hydrogen (secondary N) is 1. The second-order valence-corrected chi connectivity index (χ2v) is 9.80. The zero-order chi connectivity index (χ0) is 24.7. The Morgan fingerprint density at radius 1 is 0.886 bits per heavy atom. The van der Waals surface area contributed by atoms with Crippen LogP contribution in [0.15, 0.2) is 79.0 Å². The number of aryl methyl sites for hydroxylation is 2. The fourth-order valence-electron chi connectivity index (χ4n) is 5.11. The third-order valence-electron chi connectivity index (χ3n) is 6.79. The number of aromatic nitrogens is 2. The number of rotatable bonds is 5. The van der Waals surface area contributed by atoms with E-state index < -0.39 is 0 Å². The first kappa shape index (κ1) is 23.1. The molecule has 1 aliphatic heterocycles. The molecule has 0 unspecified atom stereocenters. The van der Waals surface area contributed by atoms with Gasteiger partial charge in [0.15, 0.2) is 5.11 Å². The fraction of sp³-hybridized carbons (Fsp3) is 0.241. The molecule has 2 atom stereocenters. The second kappa shape index (κ2) is 9.19. The lowest BCUT2D eigenvalue weighted by Gasteiger charge is -2.28. The molecule has 0 bridgehead atoms. The smallest absolute Gasteiger partial charge is 0.174 e. The van der Waals surface area contributed by atoms with Crippen molar-refractivity contribution in [3.63, 3.8) is 0 Å². The molecule has 5 nitrogen and oxygen atoms in total. The molecule has 1 fully saturated rings. The van der Waals surface area contributed by atoms with E-state index >= 15 is 0 Å². The Hall–Kier alpha value is -3.64. The summed E-state index contributed by atoms with van der Waals surface area (Å²) in [6.45, 7) is 6.49. The van der Waals surface area contributed by atoms with E-state index in [1.807, 2.05) is 18.3 Å². The summed E-state index contributed by atoms with van der Waals surface area (Å²) in [6.07, 6.45) is 1.85. The molecule has 4 aromatic rings. The van der Waals surface area contributed by atoms with E-state index in [0.29, 0.717) is 0 Å². The predicted molar refractivity (Wildman–Crippen MR) is 149 cm³/mol. The summed E-state index contributed by atoms with van der Waals surface area (Å²) in [4.78, 5) is 9.07. The molecule has 0 amide bonds. The average Bonchev–Trinajstić information content (AvgIpc) is 3.34. The van der Waals surface area contributed by atoms with Crippen LogP contribution >= 0.6 is 12.2 Å². The maximum absolute atomic E-state index is 5.91. The number of benzene rings is 2. The van der Waals surface area contributed by atoms with Crippen molar-refractivity contribution >= 4 is 28.7 Å². The summed E-state index contributed by atoms with van der Waals surface area (Å²) in [7, 11) is 4.12. The minimum Gasteiger partial charge on any atom is -0.378 e. The largest absolute Gasteiger partial charge is 0.378 e. The SMILES string of the molecule is Cc1cccc(N2C(=S)N[C@H](c3ccccn3)[C@@H]2c2cc(C)n(-c3ccc(N(C)C)cc3)c2C)c1. The molecule has 5 rings (SSSR count). The molecule has 1 N–H and O–H groups in total. The Morgan fingerprint density at radius 2 is 1.66 bits per heavy atom. The van der Waals surface area contributed by atoms with Gasteiger partial charge < -0.3 is 19.7 Å². The van der Waals surface area contributed by atoms with Crippen LogP contribution in [-0.2, 0) is 0 Å². The van der Waals surface area contributed by atoms with Crippen LogP contribution in [0.2, 0.25) is 0 Å². The molecule has 2 aromatic carbocycles. The summed E-state index contributed by atoms with van der Waals surface area (Å²) < 4.78 is 2.33. The highest BCUT2D eigenvalue weighted by Crippen LogP contribution is 2.43. The third-order valence-corrected chi connectivity index (χ3v) is 7.11. The van der Waals surface area contributed by atoms with Gasteiger partial charge in [-0.05, 0) is 98.7 Å². The summed E-state index contributed by atoms with van der Waals surface area (Å²) in [6, 6.07) is 25.5. The van der Waals surface area contributed by atoms with Gasteiger partial charge in [0, 0.05) is 48.7 Å². The molecule has 6 heteroatoms. The Balaban J connectivity index is 1.65. The van der Waals surface area contributed by atoms with Crippen LogP contribution in [0, 0.1) is 20.8 Å². The molecule has 0 saturated carbocycles. The zero-order valence-electron chi connectivity index (χ0n) is 20.9. The van der Waals surface area contributed by atoms with Gasteiger partial charge in [0.25, 0.3) is 0 Å². The molecule has 0 spiro atoms. The van der Waals surface area contributed by atoms with Crippen LogP contribution in [0.1, 0.15) is 40.3 Å². The molecule has 0 aliphatic carbocycles. The van der Waals surface area contributed by atoms with Crippen molar-refractivity contribution in [3.05, 3.63) is 107 Å². The van der Waals surface area contributed by atoms with Gasteiger partial charge in [0.05, 0.1) is 17.8 Å². The van der Waals surface area contributed by atoms with Gasteiger partial charge in [0.2, 0.25) is 0 Å². The molecular weight excluding hydrogens is 450 g/mol. The summed E-state index contributed by atoms with van der Waals surface area (Å²) in [5, 5.41) is 4.30. The van der Waals surface area contributed by atoms with Gasteiger partial charge in [-0.3, -0.25) is 4.98 Å². The van der Waals surface area contributed by atoms with Crippen molar-refractivity contribution in [1.82, 2.24) is 14.9 Å². The van der Waals surface area contributed by atoms with Crippen molar-refractivity contribution in [2.75, 3.05) is 23.9 Å². The van der Waals surface area contributed by atoms with E-state index in [1.54, 1.807) is 0 Å². The van der Waals surface area contributed by atoms with E-state index in [-0.39, 0.29) is 12.1 Å². The Morgan fingerprint density at radius 3 is 2.31 bits per heavy atom. The monoisotopic (exact) mass is 481 g/mol. The third kappa shape index (κ3) is 4.19. The first-order valence-corrected chi connectivity index (χ1v) is 12.3. The van der Waals surface area contributed by atoms with Gasteiger partial charge in [-0.25, -0.2) is 0 Å². The maximum atomic E-state index is 5.91. The lowest BCUT2D eigenvalue weighted by molar-refractivity contribution is 0.565. The quantitative estimate of drug-likeness (QED) is 0.352. The fourth-order valence-corrected chi connectivity index (χ4v) is 5.46. The number of hydrogen-bond donors (Lipinski definition) is 1. The number of pyridine rings is 1. The molecule has 35 heavy (non-hydrogen) atoms. The van der Waals surface area contributed by atoms with Crippen molar-refractivity contribution in [2.24, 2.45) is 0 Å². The van der Waals surface area contributed by atoms with E-state index in [9.17, 15) is 0 Å². The number of hydrogen-bond acceptors (Lipinski definition) is 3. The minimum atomic E-state index is -0.0609. The minimum absolute atomic E-state index is 0.0276. The number of anilines is 2. The van der Waals surface area contributed by atoms with Crippen LogP contribution in [-0.4, -0.2) is 28.8 Å². The number of thiocarbonyl (C=S) groups is 1. The summed E-state index contributed by atoms with van der Waals surface area (Å²) in [5.74, 6) is 0. The zero-order valence-corrected chi connectivity index (χ0v) is 21.7. The van der Waals surface area contributed by atoms with E-state index in [4.69, 9.17) is 17.2 Å². The van der Waals surface area contributed by atoms with Gasteiger partial charge in [-0.2, -0.15) is 0 Å². The highest BCUT2D eigenvalue weighted by Gasteiger charge is 2.42. The van der Waals surface area contributed by atoms with Crippen LogP contribution in [0.4, 0.5) is 11.4 Å². The normalized spacial score (nSPS) is 17.5. The van der Waals surface area contributed by atoms with Gasteiger partial charge in [-0.15, -0.1) is 0 Å². The van der Waals surface area contributed by atoms with Crippen molar-refractivity contribution in [3.8, 4) is 5.69 Å². The van der Waals surface area contributed by atoms with Gasteiger partial charge in [-0.1, -0.05) is 18.2 Å². The van der Waals surface area contributed by atoms with Crippen LogP contribution in [0.3, 0.4) is 0 Å². The van der Waals surface area contributed by atoms with E-state index in [1.165, 1.54) is 28.2 Å². The van der Waals surface area contributed by atoms with Gasteiger partial charge in [0.1, 0.15) is 0 Å². The number of nitrogens with zero attached hydrogens (tertiary/aromatic N) is 4. The molecule has 0 radical (unpaired) electrons. The molecular formula is C29H31N5S. The lowest BCUT2D eigenvalue weighted by Crippen LogP contribution is -2.29. The summed E-state index contributed by atoms with van der Waals surface area (Å²) in [5.41, 5.74) is 9.25. The first-order chi connectivity index (χ1) is 16.8. The maximum Gasteiger partial charge on any atom is 0.174 e. The topological polar surface area (TPSA) is 36.3 Å². The molecule has 1 saturated heterocycles. The van der Waals surface area contributed by atoms with Crippen molar-refractivity contribution < 1.29 is 0 Å². The van der Waals surface area contributed by atoms with Crippen molar-refractivity contribution in [2.45, 2.75) is 32.9 Å². The summed E-state index contributed by atoms with van der Waals surface area (Å²) >= 11 is 5.91. The first-order valence-electron chi connectivity index (χ1n) is 11.9. The van der Waals surface area contributed by atoms with Crippen LogP contribution in [0.25, 0.3) is 5.69 Å². The molecule has 1 aliphatic rings. The Kier molecular flexibility index (Phi) is 6.07. The van der Waals surface area contributed by atoms with Crippen LogP contribution < -0.4 is 15.1 Å². The van der Waals surface area contributed by atoms with E-state index in [0.717, 1.165) is 22.2 Å². The van der Waals surface area contributed by atoms with Crippen molar-refractivity contribution in [1.29, 1.82) is 0 Å². The van der Waals surface area contributed by atoms with Crippen LogP contribution in [0.5, 0.6) is 0 Å². The average molecular weight is 482 g/mol.